The molecule has 0 saturated carbocycles. The minimum Gasteiger partial charge on any atom is -0.201 e. The van der Waals surface area contributed by atoms with Crippen LogP contribution < -0.4 is 26.4 Å². The van der Waals surface area contributed by atoms with E-state index in [1.54, 1.807) is 6.07 Å². The van der Waals surface area contributed by atoms with Gasteiger partial charge in [0.2, 0.25) is 0 Å². The predicted octanol–water partition coefficient (Wildman–Crippen LogP) is 15.8. The number of hydrogen-bond acceptors (Lipinski definition) is 1. The molecular formula is C50H27BF24N4. The molecule has 29 heteroatoms. The number of nitrogens with zero attached hydrogens (tertiary/aromatic N) is 4. The molecule has 0 N–H and O–H groups in total. The fourth-order valence-electron chi connectivity index (χ4n) is 8.42. The van der Waals surface area contributed by atoms with Crippen LogP contribution in [0.15, 0.2) is 157 Å². The van der Waals surface area contributed by atoms with E-state index in [4.69, 9.17) is 5.53 Å². The Balaban J connectivity index is 0.000000378. The lowest BCUT2D eigenvalue weighted by Gasteiger charge is -2.46. The molecule has 0 aliphatic heterocycles. The van der Waals surface area contributed by atoms with Gasteiger partial charge in [-0.1, -0.05) is 102 Å². The molecule has 7 rings (SSSR count). The van der Waals surface area contributed by atoms with Gasteiger partial charge in [-0.15, -0.1) is 0 Å². The smallest absolute Gasteiger partial charge is 0.201 e. The van der Waals surface area contributed by atoms with Gasteiger partial charge in [-0.05, 0) is 47.0 Å². The third kappa shape index (κ3) is 14.3. The maximum absolute atomic E-state index is 14.2. The lowest BCUT2D eigenvalue weighted by Crippen LogP contribution is -2.75. The highest BCUT2D eigenvalue weighted by molar-refractivity contribution is 7.20. The van der Waals surface area contributed by atoms with Crippen LogP contribution in [0.2, 0.25) is 0 Å². The van der Waals surface area contributed by atoms with Crippen LogP contribution in [0.5, 0.6) is 0 Å². The summed E-state index contributed by atoms with van der Waals surface area (Å²) < 4.78 is 343. The molecule has 79 heavy (non-hydrogen) atoms. The molecule has 0 radical (unpaired) electrons. The van der Waals surface area contributed by atoms with Gasteiger partial charge >= 0.3 is 49.4 Å². The average molecular weight is 1150 g/mol. The fraction of sp³-hybridized carbons (Fsp3) is 0.180. The molecule has 1 aromatic heterocycles. The standard InChI is InChI=1S/C32H12BF24.C18H15N4/c34-25(35,36)13-1-14(26(37,38)39)6-21(5-13)33(22-7-15(27(40,41)42)2-16(8-22)28(43,44)45,23-9-17(29(46,47)48)3-18(10-23)30(49,50)51)24-11-19(31(52,53)54)4-20(12-24)32(55,56)57;19-21-20-18-8-4-7-17(13-18)16-9-11-22(12-10-16)14-15-5-2-1-3-6-15/h1-12H;1-13H,14H2/q-1;+1. The van der Waals surface area contributed by atoms with Crippen molar-refractivity contribution in [3.63, 3.8) is 0 Å². The molecule has 0 aliphatic carbocycles. The quantitative estimate of drug-likeness (QED) is 0.0364. The molecule has 418 valence electrons. The van der Waals surface area contributed by atoms with E-state index >= 15 is 0 Å². The first-order valence-corrected chi connectivity index (χ1v) is 21.7. The first-order valence-electron chi connectivity index (χ1n) is 21.7. The number of pyridine rings is 1. The lowest BCUT2D eigenvalue weighted by atomic mass is 9.12. The summed E-state index contributed by atoms with van der Waals surface area (Å²) in [6, 6.07) is 13.3. The van der Waals surface area contributed by atoms with Crippen molar-refractivity contribution in [3.8, 4) is 11.1 Å². The fourth-order valence-corrected chi connectivity index (χ4v) is 8.42. The van der Waals surface area contributed by atoms with Crippen LogP contribution in [0.4, 0.5) is 111 Å². The summed E-state index contributed by atoms with van der Waals surface area (Å²) in [5, 5.41) is 3.64. The molecule has 0 saturated heterocycles. The van der Waals surface area contributed by atoms with Gasteiger partial charge in [-0.3, -0.25) is 0 Å². The van der Waals surface area contributed by atoms with E-state index in [-0.39, 0.29) is 0 Å². The number of rotatable bonds is 8. The summed E-state index contributed by atoms with van der Waals surface area (Å²) in [6.45, 7) is 0.847. The van der Waals surface area contributed by atoms with Crippen molar-refractivity contribution in [3.05, 3.63) is 212 Å². The zero-order valence-corrected chi connectivity index (χ0v) is 38.6. The van der Waals surface area contributed by atoms with Crippen LogP contribution in [-0.2, 0) is 56.0 Å². The second-order valence-electron chi connectivity index (χ2n) is 17.2. The summed E-state index contributed by atoms with van der Waals surface area (Å²) in [7, 11) is 0. The molecular weight excluding hydrogens is 1120 g/mol. The maximum atomic E-state index is 14.2. The van der Waals surface area contributed by atoms with Gasteiger partial charge < -0.3 is 0 Å². The molecule has 7 aromatic rings. The van der Waals surface area contributed by atoms with Crippen LogP contribution >= 0.6 is 0 Å². The van der Waals surface area contributed by atoms with Crippen LogP contribution in [0.3, 0.4) is 0 Å². The Labute approximate surface area is 427 Å². The van der Waals surface area contributed by atoms with E-state index in [0.717, 1.165) is 17.7 Å². The van der Waals surface area contributed by atoms with Crippen molar-refractivity contribution >= 4 is 33.7 Å². The van der Waals surface area contributed by atoms with E-state index < -0.39 is 195 Å². The molecule has 0 unspecified atom stereocenters. The second-order valence-corrected chi connectivity index (χ2v) is 17.2. The third-order valence-electron chi connectivity index (χ3n) is 11.9. The topological polar surface area (TPSA) is 52.6 Å². The Kier molecular flexibility index (Phi) is 16.4. The monoisotopic (exact) mass is 1150 g/mol. The molecule has 0 atom stereocenters. The van der Waals surface area contributed by atoms with Gasteiger partial charge in [-0.25, -0.2) is 4.57 Å². The first-order chi connectivity index (χ1) is 36.1. The summed E-state index contributed by atoms with van der Waals surface area (Å²) in [5.41, 5.74) is -17.7. The Bertz CT molecular complexity index is 2930. The number of hydrogen-bond donors (Lipinski definition) is 0. The minimum atomic E-state index is -6.13. The Morgan fingerprint density at radius 2 is 0.633 bits per heavy atom. The number of aromatic nitrogens is 1. The predicted molar refractivity (Wildman–Crippen MR) is 236 cm³/mol. The Morgan fingerprint density at radius 3 is 0.899 bits per heavy atom. The molecule has 4 nitrogen and oxygen atoms in total. The number of halogens is 24. The van der Waals surface area contributed by atoms with Crippen molar-refractivity contribution in [2.24, 2.45) is 5.11 Å². The summed E-state index contributed by atoms with van der Waals surface area (Å²) in [6.07, 6.45) is -50.7. The van der Waals surface area contributed by atoms with E-state index in [1.165, 1.54) is 5.56 Å². The van der Waals surface area contributed by atoms with Gasteiger partial charge in [-0.2, -0.15) is 127 Å². The molecule has 0 amide bonds. The number of azide groups is 1. The highest BCUT2D eigenvalue weighted by Gasteiger charge is 2.47. The number of benzene rings is 6. The average Bonchev–Trinajstić information content (AvgIpc) is 3.54. The van der Waals surface area contributed by atoms with Gasteiger partial charge in [0.25, 0.3) is 0 Å². The Hall–Kier alpha value is -7.84. The van der Waals surface area contributed by atoms with E-state index in [2.05, 4.69) is 51.3 Å². The molecule has 0 spiro atoms. The van der Waals surface area contributed by atoms with Crippen molar-refractivity contribution in [2.45, 2.75) is 56.0 Å². The molecule has 0 fully saturated rings. The van der Waals surface area contributed by atoms with Gasteiger partial charge in [0.1, 0.15) is 6.15 Å². The lowest BCUT2D eigenvalue weighted by molar-refractivity contribution is -0.688. The second kappa shape index (κ2) is 21.4. The van der Waals surface area contributed by atoms with Crippen LogP contribution in [-0.4, -0.2) is 6.15 Å². The normalized spacial score (nSPS) is 13.1. The third-order valence-corrected chi connectivity index (χ3v) is 11.9. The molecule has 1 heterocycles. The summed E-state index contributed by atoms with van der Waals surface area (Å²) in [5.74, 6) is 0. The highest BCUT2D eigenvalue weighted by atomic mass is 19.4. The largest absolute Gasteiger partial charge is 0.416 e. The van der Waals surface area contributed by atoms with E-state index in [0.29, 0.717) is 5.69 Å². The van der Waals surface area contributed by atoms with Crippen LogP contribution in [0.1, 0.15) is 50.1 Å². The summed E-state index contributed by atoms with van der Waals surface area (Å²) in [4.78, 5) is 2.82. The molecule has 0 aliphatic rings. The maximum Gasteiger partial charge on any atom is 0.416 e. The van der Waals surface area contributed by atoms with Crippen LogP contribution in [0.25, 0.3) is 21.6 Å². The zero-order valence-electron chi connectivity index (χ0n) is 38.6. The molecule has 6 aromatic carbocycles. The minimum absolute atomic E-state index is 0.626. The van der Waals surface area contributed by atoms with Gasteiger partial charge in [0.05, 0.1) is 44.5 Å². The Morgan fingerprint density at radius 1 is 0.342 bits per heavy atom. The zero-order chi connectivity index (χ0) is 59.1. The highest BCUT2D eigenvalue weighted by Crippen LogP contribution is 2.41. The first kappa shape index (κ1) is 60.4. The van der Waals surface area contributed by atoms with E-state index in [9.17, 15) is 105 Å². The SMILES string of the molecule is FC(F)(F)c1cc([B-](c2cc(C(F)(F)F)cc(C(F)(F)F)c2)(c2cc(C(F)(F)F)cc(C(F)(F)F)c2)c2cc(C(F)(F)F)cc(C(F)(F)F)c2)cc(C(F)(F)F)c1.[N-]=[N+]=Nc1cccc(-c2cc[n+](Cc3ccccc3)cc2)c1. The van der Waals surface area contributed by atoms with Crippen molar-refractivity contribution in [1.29, 1.82) is 0 Å². The number of alkyl halides is 24. The molecule has 0 bridgehead atoms. The van der Waals surface area contributed by atoms with Crippen molar-refractivity contribution in [1.82, 2.24) is 0 Å². The summed E-state index contributed by atoms with van der Waals surface area (Å²) >= 11 is 0. The van der Waals surface area contributed by atoms with Crippen molar-refractivity contribution < 1.29 is 110 Å². The van der Waals surface area contributed by atoms with Gasteiger partial charge in [0, 0.05) is 28.3 Å². The van der Waals surface area contributed by atoms with Crippen molar-refractivity contribution in [2.75, 3.05) is 0 Å². The van der Waals surface area contributed by atoms with Crippen LogP contribution in [0, 0.1) is 0 Å². The van der Waals surface area contributed by atoms with Gasteiger partial charge in [0.15, 0.2) is 18.9 Å². The van der Waals surface area contributed by atoms with E-state index in [1.807, 2.05) is 36.4 Å².